The van der Waals surface area contributed by atoms with Crippen molar-refractivity contribution in [1.82, 2.24) is 4.37 Å². The second-order valence-electron chi connectivity index (χ2n) is 3.44. The zero-order valence-corrected chi connectivity index (χ0v) is 8.38. The van der Waals surface area contributed by atoms with E-state index >= 15 is 0 Å². The summed E-state index contributed by atoms with van der Waals surface area (Å²) >= 11 is 1.49. The van der Waals surface area contributed by atoms with Gasteiger partial charge in [0.05, 0.1) is 13.2 Å². The zero-order valence-electron chi connectivity index (χ0n) is 7.56. The molecule has 3 nitrogen and oxygen atoms in total. The monoisotopic (exact) mass is 199 g/mol. The molecule has 13 heavy (non-hydrogen) atoms. The lowest BCUT2D eigenvalue weighted by Crippen LogP contribution is -1.98. The van der Waals surface area contributed by atoms with Crippen molar-refractivity contribution < 1.29 is 9.84 Å². The molecule has 0 aromatic carbocycles. The first kappa shape index (κ1) is 8.97. The van der Waals surface area contributed by atoms with Crippen LogP contribution in [0, 0.1) is 0 Å². The fourth-order valence-corrected chi connectivity index (χ4v) is 2.62. The number of nitrogens with zero attached hydrogens (tertiary/aromatic N) is 1. The summed E-state index contributed by atoms with van der Waals surface area (Å²) < 4.78 is 9.16. The Morgan fingerprint density at radius 1 is 1.62 bits per heavy atom. The molecule has 0 amide bonds. The second kappa shape index (κ2) is 3.64. The Morgan fingerprint density at radius 2 is 2.46 bits per heavy atom. The molecular formula is C9H13NO2S. The third-order valence-corrected chi connectivity index (χ3v) is 3.46. The minimum atomic E-state index is -0.113. The van der Waals surface area contributed by atoms with Gasteiger partial charge >= 0.3 is 0 Å². The minimum Gasteiger partial charge on any atom is -0.480 e. The Labute approximate surface area is 81.5 Å². The molecule has 1 aromatic rings. The van der Waals surface area contributed by atoms with Gasteiger partial charge in [0.15, 0.2) is 0 Å². The van der Waals surface area contributed by atoms with Gasteiger partial charge in [-0.05, 0) is 36.7 Å². The number of hydrogen-bond acceptors (Lipinski definition) is 4. The molecule has 1 aromatic heterocycles. The quantitative estimate of drug-likeness (QED) is 0.789. The van der Waals surface area contributed by atoms with Gasteiger partial charge in [0.2, 0.25) is 5.88 Å². The zero-order chi connectivity index (χ0) is 9.26. The highest BCUT2D eigenvalue weighted by Gasteiger charge is 2.25. The maximum atomic E-state index is 9.38. The molecule has 2 rings (SSSR count). The average molecular weight is 199 g/mol. The van der Waals surface area contributed by atoms with Crippen LogP contribution in [0.5, 0.6) is 5.88 Å². The largest absolute Gasteiger partial charge is 0.480 e. The van der Waals surface area contributed by atoms with Crippen LogP contribution in [0.15, 0.2) is 6.07 Å². The van der Waals surface area contributed by atoms with Gasteiger partial charge in [0, 0.05) is 10.9 Å². The first-order chi connectivity index (χ1) is 6.29. The summed E-state index contributed by atoms with van der Waals surface area (Å²) in [5.41, 5.74) is 0. The van der Waals surface area contributed by atoms with E-state index in [1.165, 1.54) is 16.4 Å². The van der Waals surface area contributed by atoms with E-state index in [1.54, 1.807) is 7.11 Å². The lowest BCUT2D eigenvalue weighted by atomic mass is 10.1. The predicted octanol–water partition coefficient (Wildman–Crippen LogP) is 1.78. The van der Waals surface area contributed by atoms with Crippen molar-refractivity contribution in [1.29, 1.82) is 0 Å². The molecule has 1 N–H and O–H groups in total. The summed E-state index contributed by atoms with van der Waals surface area (Å²) in [5, 5.41) is 9.38. The molecule has 1 saturated carbocycles. The van der Waals surface area contributed by atoms with Gasteiger partial charge in [-0.3, -0.25) is 0 Å². The van der Waals surface area contributed by atoms with E-state index in [9.17, 15) is 5.11 Å². The highest BCUT2D eigenvalue weighted by Crippen LogP contribution is 2.37. The summed E-state index contributed by atoms with van der Waals surface area (Å²) in [6.07, 6.45) is 2.76. The highest BCUT2D eigenvalue weighted by molar-refractivity contribution is 7.06. The first-order valence-corrected chi connectivity index (χ1v) is 5.25. The van der Waals surface area contributed by atoms with Crippen LogP contribution in [-0.2, 0) is 0 Å². The van der Waals surface area contributed by atoms with Crippen molar-refractivity contribution in [2.24, 2.45) is 0 Å². The van der Waals surface area contributed by atoms with Crippen molar-refractivity contribution in [2.75, 3.05) is 7.11 Å². The molecule has 2 atom stereocenters. The van der Waals surface area contributed by atoms with Gasteiger partial charge in [0.25, 0.3) is 0 Å². The van der Waals surface area contributed by atoms with Gasteiger partial charge in [-0.1, -0.05) is 0 Å². The van der Waals surface area contributed by atoms with Gasteiger partial charge in [0.1, 0.15) is 0 Å². The second-order valence-corrected chi connectivity index (χ2v) is 4.27. The molecule has 0 spiro atoms. The lowest BCUT2D eigenvalue weighted by Gasteiger charge is -2.03. The molecule has 1 aliphatic carbocycles. The Bertz CT molecular complexity index is 287. The Hall–Kier alpha value is -0.610. The highest BCUT2D eigenvalue weighted by atomic mass is 32.1. The number of hydrogen-bond donors (Lipinski definition) is 1. The van der Waals surface area contributed by atoms with Crippen molar-refractivity contribution >= 4 is 11.5 Å². The number of aliphatic hydroxyl groups excluding tert-OH is 1. The number of methoxy groups -OCH3 is 1. The first-order valence-electron chi connectivity index (χ1n) is 4.48. The molecule has 1 heterocycles. The van der Waals surface area contributed by atoms with Crippen molar-refractivity contribution in [2.45, 2.75) is 31.3 Å². The van der Waals surface area contributed by atoms with E-state index in [4.69, 9.17) is 4.74 Å². The van der Waals surface area contributed by atoms with Crippen molar-refractivity contribution in [3.05, 3.63) is 10.9 Å². The van der Waals surface area contributed by atoms with Crippen LogP contribution in [0.2, 0.25) is 0 Å². The third kappa shape index (κ3) is 1.84. The number of ether oxygens (including phenoxy) is 1. The molecule has 2 unspecified atom stereocenters. The SMILES string of the molecule is COc1cc(C2CCC(O)C2)sn1. The topological polar surface area (TPSA) is 42.4 Å². The smallest absolute Gasteiger partial charge is 0.225 e. The van der Waals surface area contributed by atoms with E-state index in [0.29, 0.717) is 11.8 Å². The molecule has 4 heteroatoms. The Morgan fingerprint density at radius 3 is 3.00 bits per heavy atom. The maximum Gasteiger partial charge on any atom is 0.225 e. The van der Waals surface area contributed by atoms with Gasteiger partial charge in [-0.2, -0.15) is 4.37 Å². The molecular weight excluding hydrogens is 186 g/mol. The molecule has 0 bridgehead atoms. The van der Waals surface area contributed by atoms with Crippen LogP contribution >= 0.6 is 11.5 Å². The van der Waals surface area contributed by atoms with Gasteiger partial charge in [-0.25, -0.2) is 0 Å². The third-order valence-electron chi connectivity index (χ3n) is 2.52. The number of rotatable bonds is 2. The van der Waals surface area contributed by atoms with Crippen LogP contribution in [-0.4, -0.2) is 22.7 Å². The number of aromatic nitrogens is 1. The Kier molecular flexibility index (Phi) is 2.51. The number of aliphatic hydroxyl groups is 1. The Balaban J connectivity index is 2.08. The van der Waals surface area contributed by atoms with Crippen LogP contribution in [0.1, 0.15) is 30.1 Å². The summed E-state index contributed by atoms with van der Waals surface area (Å²) in [5.74, 6) is 1.19. The molecule has 0 aliphatic heterocycles. The molecule has 1 aliphatic rings. The van der Waals surface area contributed by atoms with E-state index in [0.717, 1.165) is 19.3 Å². The predicted molar refractivity (Wildman–Crippen MR) is 51.3 cm³/mol. The average Bonchev–Trinajstić information content (AvgIpc) is 2.71. The van der Waals surface area contributed by atoms with E-state index in [2.05, 4.69) is 4.37 Å². The summed E-state index contributed by atoms with van der Waals surface area (Å²) in [6, 6.07) is 1.98. The van der Waals surface area contributed by atoms with Crippen LogP contribution in [0.25, 0.3) is 0 Å². The molecule has 0 radical (unpaired) electrons. The summed E-state index contributed by atoms with van der Waals surface area (Å²) in [6.45, 7) is 0. The van der Waals surface area contributed by atoms with Crippen LogP contribution < -0.4 is 4.74 Å². The van der Waals surface area contributed by atoms with E-state index < -0.39 is 0 Å². The fourth-order valence-electron chi connectivity index (χ4n) is 1.78. The minimum absolute atomic E-state index is 0.113. The van der Waals surface area contributed by atoms with Crippen molar-refractivity contribution in [3.8, 4) is 5.88 Å². The molecule has 72 valence electrons. The molecule has 0 saturated heterocycles. The van der Waals surface area contributed by atoms with Gasteiger partial charge in [-0.15, -0.1) is 0 Å². The summed E-state index contributed by atoms with van der Waals surface area (Å²) in [4.78, 5) is 1.24. The fraction of sp³-hybridized carbons (Fsp3) is 0.667. The van der Waals surface area contributed by atoms with Gasteiger partial charge < -0.3 is 9.84 Å². The summed E-state index contributed by atoms with van der Waals surface area (Å²) in [7, 11) is 1.63. The molecule has 1 fully saturated rings. The normalized spacial score (nSPS) is 27.8. The standard InChI is InChI=1S/C9H13NO2S/c1-12-9-5-8(13-10-9)6-2-3-7(11)4-6/h5-7,11H,2-4H2,1H3. The van der Waals surface area contributed by atoms with E-state index in [1.807, 2.05) is 6.07 Å². The maximum absolute atomic E-state index is 9.38. The lowest BCUT2D eigenvalue weighted by molar-refractivity contribution is 0.181. The van der Waals surface area contributed by atoms with Crippen molar-refractivity contribution in [3.63, 3.8) is 0 Å². The van der Waals surface area contributed by atoms with Crippen LogP contribution in [0.3, 0.4) is 0 Å². The van der Waals surface area contributed by atoms with Crippen LogP contribution in [0.4, 0.5) is 0 Å². The van der Waals surface area contributed by atoms with E-state index in [-0.39, 0.29) is 6.10 Å².